The van der Waals surface area contributed by atoms with Gasteiger partial charge in [-0.3, -0.25) is 0 Å². The maximum Gasteiger partial charge on any atom is 0.408 e. The smallest absolute Gasteiger partial charge is 0.408 e. The molecule has 0 radical (unpaired) electrons. The van der Waals surface area contributed by atoms with Crippen LogP contribution in [0, 0.1) is 0 Å². The van der Waals surface area contributed by atoms with Crippen LogP contribution >= 0.6 is 0 Å². The molecule has 20 heavy (non-hydrogen) atoms. The van der Waals surface area contributed by atoms with Crippen LogP contribution in [-0.4, -0.2) is 19.3 Å². The predicted octanol–water partition coefficient (Wildman–Crippen LogP) is 4.72. The number of hydrogen-bond acceptors (Lipinski definition) is 2. The number of ether oxygens (including phenoxy) is 1. The van der Waals surface area contributed by atoms with Gasteiger partial charge in [-0.05, 0) is 42.5 Å². The molecule has 0 unspecified atom stereocenters. The fraction of sp³-hybridized carbons (Fsp3) is 0.600. The molecule has 0 fully saturated rings. The zero-order valence-electron chi connectivity index (χ0n) is 11.8. The van der Waals surface area contributed by atoms with Crippen molar-refractivity contribution in [2.45, 2.75) is 50.7 Å². The van der Waals surface area contributed by atoms with Crippen molar-refractivity contribution in [2.24, 2.45) is 0 Å². The largest absolute Gasteiger partial charge is 0.497 e. The minimum absolute atomic E-state index is 0.0621. The lowest BCUT2D eigenvalue weighted by atomic mass is 9.83. The van der Waals surface area contributed by atoms with Crippen LogP contribution in [0.4, 0.5) is 18.9 Å². The zero-order valence-corrected chi connectivity index (χ0v) is 11.8. The normalized spacial score (nSPS) is 22.1. The molecule has 1 heterocycles. The summed E-state index contributed by atoms with van der Waals surface area (Å²) in [4.78, 5) is 0. The first kappa shape index (κ1) is 15.0. The van der Waals surface area contributed by atoms with Crippen LogP contribution in [0.2, 0.25) is 0 Å². The Balaban J connectivity index is 2.30. The van der Waals surface area contributed by atoms with Gasteiger partial charge in [0, 0.05) is 5.69 Å². The van der Waals surface area contributed by atoms with E-state index in [0.717, 1.165) is 24.8 Å². The van der Waals surface area contributed by atoms with Gasteiger partial charge in [0.25, 0.3) is 0 Å². The Morgan fingerprint density at radius 2 is 2.10 bits per heavy atom. The summed E-state index contributed by atoms with van der Waals surface area (Å²) in [6.45, 7) is 2.05. The molecular weight excluding hydrogens is 267 g/mol. The van der Waals surface area contributed by atoms with E-state index in [1.165, 1.54) is 0 Å². The number of methoxy groups -OCH3 is 1. The highest BCUT2D eigenvalue weighted by molar-refractivity contribution is 5.58. The van der Waals surface area contributed by atoms with Crippen LogP contribution < -0.4 is 10.1 Å². The number of halogens is 3. The van der Waals surface area contributed by atoms with E-state index in [9.17, 15) is 13.2 Å². The molecule has 1 N–H and O–H groups in total. The molecule has 0 amide bonds. The second-order valence-electron chi connectivity index (χ2n) is 5.27. The first-order chi connectivity index (χ1) is 9.45. The fourth-order valence-corrected chi connectivity index (χ4v) is 2.73. The van der Waals surface area contributed by atoms with Gasteiger partial charge in [-0.1, -0.05) is 19.8 Å². The maximum atomic E-state index is 13.0. The van der Waals surface area contributed by atoms with Crippen molar-refractivity contribution in [3.8, 4) is 5.75 Å². The number of alkyl halides is 3. The topological polar surface area (TPSA) is 21.3 Å². The average molecular weight is 287 g/mol. The molecule has 0 spiro atoms. The van der Waals surface area contributed by atoms with Gasteiger partial charge in [-0.25, -0.2) is 0 Å². The van der Waals surface area contributed by atoms with Crippen LogP contribution in [0.3, 0.4) is 0 Å². The summed E-state index contributed by atoms with van der Waals surface area (Å²) in [5.74, 6) is 0.630. The molecular formula is C15H20F3NO. The lowest BCUT2D eigenvalue weighted by molar-refractivity contribution is -0.145. The molecule has 0 aliphatic carbocycles. The van der Waals surface area contributed by atoms with E-state index in [1.807, 2.05) is 6.07 Å². The van der Waals surface area contributed by atoms with Crippen molar-refractivity contribution < 1.29 is 17.9 Å². The van der Waals surface area contributed by atoms with Crippen molar-refractivity contribution in [3.63, 3.8) is 0 Å². The predicted molar refractivity (Wildman–Crippen MR) is 73.3 cm³/mol. The Morgan fingerprint density at radius 1 is 1.35 bits per heavy atom. The van der Waals surface area contributed by atoms with Gasteiger partial charge in [-0.15, -0.1) is 0 Å². The number of rotatable bonds is 4. The molecule has 2 rings (SSSR count). The number of unbranched alkanes of at least 4 members (excludes halogenated alkanes) is 1. The number of nitrogens with one attached hydrogen (secondary N) is 1. The van der Waals surface area contributed by atoms with E-state index in [1.54, 1.807) is 19.2 Å². The van der Waals surface area contributed by atoms with Crippen LogP contribution in [0.15, 0.2) is 18.2 Å². The molecule has 1 aromatic rings. The van der Waals surface area contributed by atoms with Crippen LogP contribution in [-0.2, 0) is 0 Å². The highest BCUT2D eigenvalue weighted by Crippen LogP contribution is 2.43. The van der Waals surface area contributed by atoms with Crippen molar-refractivity contribution in [1.82, 2.24) is 0 Å². The number of fused-ring (bicyclic) bond motifs is 1. The molecule has 1 aliphatic rings. The first-order valence-corrected chi connectivity index (χ1v) is 6.97. The molecule has 0 saturated carbocycles. The van der Waals surface area contributed by atoms with Gasteiger partial charge in [0.2, 0.25) is 0 Å². The molecule has 2 nitrogen and oxygen atoms in total. The van der Waals surface area contributed by atoms with Gasteiger partial charge in [0.15, 0.2) is 0 Å². The SMILES string of the molecule is CCCC[C@H]1C[C@@H](C(F)(F)F)Nc2ccc(OC)cc21. The van der Waals surface area contributed by atoms with Crippen molar-refractivity contribution in [3.05, 3.63) is 23.8 Å². The fourth-order valence-electron chi connectivity index (χ4n) is 2.73. The summed E-state index contributed by atoms with van der Waals surface area (Å²) in [6.07, 6.45) is -1.40. The van der Waals surface area contributed by atoms with Gasteiger partial charge in [0.05, 0.1) is 7.11 Å². The third-order valence-corrected chi connectivity index (χ3v) is 3.85. The lowest BCUT2D eigenvalue weighted by Gasteiger charge is -2.34. The van der Waals surface area contributed by atoms with Crippen molar-refractivity contribution >= 4 is 5.69 Å². The Morgan fingerprint density at radius 3 is 2.70 bits per heavy atom. The second-order valence-corrected chi connectivity index (χ2v) is 5.27. The van der Waals surface area contributed by atoms with E-state index in [0.29, 0.717) is 11.4 Å². The number of hydrogen-bond donors (Lipinski definition) is 1. The number of anilines is 1. The van der Waals surface area contributed by atoms with Gasteiger partial charge in [-0.2, -0.15) is 13.2 Å². The van der Waals surface area contributed by atoms with Crippen LogP contribution in [0.1, 0.15) is 44.1 Å². The zero-order chi connectivity index (χ0) is 14.8. The molecule has 112 valence electrons. The molecule has 1 aliphatic heterocycles. The van der Waals surface area contributed by atoms with Crippen molar-refractivity contribution in [2.75, 3.05) is 12.4 Å². The van der Waals surface area contributed by atoms with Gasteiger partial charge >= 0.3 is 6.18 Å². The number of benzene rings is 1. The average Bonchev–Trinajstić information content (AvgIpc) is 2.42. The highest BCUT2D eigenvalue weighted by atomic mass is 19.4. The van der Waals surface area contributed by atoms with Crippen molar-refractivity contribution in [1.29, 1.82) is 0 Å². The Kier molecular flexibility index (Phi) is 4.45. The van der Waals surface area contributed by atoms with Gasteiger partial charge in [0.1, 0.15) is 11.8 Å². The Labute approximate surface area is 117 Å². The van der Waals surface area contributed by atoms with E-state index in [2.05, 4.69) is 12.2 Å². The Hall–Kier alpha value is -1.39. The van der Waals surface area contributed by atoms with Crippen LogP contribution in [0.5, 0.6) is 5.75 Å². The minimum Gasteiger partial charge on any atom is -0.497 e. The molecule has 0 aromatic heterocycles. The molecule has 5 heteroatoms. The van der Waals surface area contributed by atoms with E-state index in [4.69, 9.17) is 4.74 Å². The summed E-state index contributed by atoms with van der Waals surface area (Å²) < 4.78 is 44.1. The molecule has 1 aromatic carbocycles. The third-order valence-electron chi connectivity index (χ3n) is 3.85. The summed E-state index contributed by atoms with van der Waals surface area (Å²) in [7, 11) is 1.57. The summed E-state index contributed by atoms with van der Waals surface area (Å²) in [5, 5.41) is 2.61. The monoisotopic (exact) mass is 287 g/mol. The quantitative estimate of drug-likeness (QED) is 0.865. The second kappa shape index (κ2) is 5.94. The van der Waals surface area contributed by atoms with E-state index in [-0.39, 0.29) is 12.3 Å². The Bertz CT molecular complexity index is 459. The van der Waals surface area contributed by atoms with Crippen LogP contribution in [0.25, 0.3) is 0 Å². The lowest BCUT2D eigenvalue weighted by Crippen LogP contribution is -2.40. The molecule has 0 saturated heterocycles. The van der Waals surface area contributed by atoms with Gasteiger partial charge < -0.3 is 10.1 Å². The molecule has 0 bridgehead atoms. The first-order valence-electron chi connectivity index (χ1n) is 6.97. The summed E-state index contributed by atoms with van der Waals surface area (Å²) >= 11 is 0. The van der Waals surface area contributed by atoms with E-state index < -0.39 is 12.2 Å². The third kappa shape index (κ3) is 3.19. The molecule has 2 atom stereocenters. The summed E-state index contributed by atoms with van der Waals surface area (Å²) in [6, 6.07) is 3.78. The van der Waals surface area contributed by atoms with E-state index >= 15 is 0 Å². The highest BCUT2D eigenvalue weighted by Gasteiger charge is 2.43. The standard InChI is InChI=1S/C15H20F3NO/c1-3-4-5-10-8-14(15(16,17)18)19-13-7-6-11(20-2)9-12(10)13/h6-7,9-10,14,19H,3-5,8H2,1-2H3/t10-,14-/m0/s1. The summed E-state index contributed by atoms with van der Waals surface area (Å²) in [5.41, 5.74) is 1.53. The minimum atomic E-state index is -4.21. The maximum absolute atomic E-state index is 13.0.